The quantitative estimate of drug-likeness (QED) is 0.612. The lowest BCUT2D eigenvalue weighted by atomic mass is 9.80. The van der Waals surface area contributed by atoms with Gasteiger partial charge in [0.05, 0.1) is 25.3 Å². The van der Waals surface area contributed by atoms with Crippen molar-refractivity contribution in [2.24, 2.45) is 0 Å². The number of rotatable bonds is 2. The van der Waals surface area contributed by atoms with Crippen LogP contribution in [0.4, 0.5) is 0 Å². The molecule has 4 heteroatoms. The zero-order valence-corrected chi connectivity index (χ0v) is 15.8. The third-order valence-electron chi connectivity index (χ3n) is 5.25. The molecule has 4 nitrogen and oxygen atoms in total. The second-order valence-corrected chi connectivity index (χ2v) is 6.71. The highest BCUT2D eigenvalue weighted by Crippen LogP contribution is 2.43. The second-order valence-electron chi connectivity index (χ2n) is 6.71. The maximum Gasteiger partial charge on any atom is 0.338 e. The third kappa shape index (κ3) is 2.87. The molecule has 0 amide bonds. The average Bonchev–Trinajstić information content (AvgIpc) is 2.74. The summed E-state index contributed by atoms with van der Waals surface area (Å²) in [4.78, 5) is 25.2. The first-order valence-corrected chi connectivity index (χ1v) is 9.16. The molecular weight excluding hydrogens is 352 g/mol. The molecule has 0 aromatic heterocycles. The number of aryl methyl sites for hydroxylation is 2. The maximum atomic E-state index is 12.6. The fraction of sp³-hybridized carbons (Fsp3) is 0.167. The summed E-state index contributed by atoms with van der Waals surface area (Å²) in [6, 6.07) is 19.3. The predicted molar refractivity (Wildman–Crippen MR) is 107 cm³/mol. The van der Waals surface area contributed by atoms with Crippen LogP contribution in [0, 0.1) is 0 Å². The largest absolute Gasteiger partial charge is 0.465 e. The fourth-order valence-electron chi connectivity index (χ4n) is 3.96. The molecule has 0 saturated heterocycles. The normalized spacial score (nSPS) is 11.9. The molecular formula is C24H20O4. The summed E-state index contributed by atoms with van der Waals surface area (Å²) in [5.41, 5.74) is 6.46. The minimum atomic E-state index is -0.430. The first-order valence-electron chi connectivity index (χ1n) is 9.16. The Balaban J connectivity index is 2.19. The van der Waals surface area contributed by atoms with Crippen LogP contribution in [-0.4, -0.2) is 26.2 Å². The van der Waals surface area contributed by atoms with Gasteiger partial charge >= 0.3 is 11.9 Å². The number of methoxy groups -OCH3 is 2. The molecule has 0 bridgehead atoms. The first kappa shape index (κ1) is 18.0. The Bertz CT molecular complexity index is 995. The van der Waals surface area contributed by atoms with Crippen LogP contribution >= 0.6 is 0 Å². The lowest BCUT2D eigenvalue weighted by Crippen LogP contribution is -2.13. The van der Waals surface area contributed by atoms with Gasteiger partial charge in [0.2, 0.25) is 0 Å². The molecule has 0 aliphatic heterocycles. The van der Waals surface area contributed by atoms with Crippen LogP contribution in [0.2, 0.25) is 0 Å². The summed E-state index contributed by atoms with van der Waals surface area (Å²) in [6.07, 6.45) is 1.69. The molecule has 0 N–H and O–H groups in total. The van der Waals surface area contributed by atoms with Crippen LogP contribution in [-0.2, 0) is 22.3 Å². The van der Waals surface area contributed by atoms with Gasteiger partial charge in [0.1, 0.15) is 0 Å². The van der Waals surface area contributed by atoms with Crippen molar-refractivity contribution in [3.63, 3.8) is 0 Å². The summed E-state index contributed by atoms with van der Waals surface area (Å²) in [5.74, 6) is -0.860. The average molecular weight is 372 g/mol. The van der Waals surface area contributed by atoms with E-state index in [2.05, 4.69) is 12.1 Å². The van der Waals surface area contributed by atoms with E-state index in [9.17, 15) is 9.59 Å². The van der Waals surface area contributed by atoms with E-state index >= 15 is 0 Å². The van der Waals surface area contributed by atoms with Gasteiger partial charge in [-0.05, 0) is 47.2 Å². The van der Waals surface area contributed by atoms with E-state index in [4.69, 9.17) is 9.47 Å². The van der Waals surface area contributed by atoms with Gasteiger partial charge in [-0.25, -0.2) is 9.59 Å². The highest BCUT2D eigenvalue weighted by molar-refractivity contribution is 6.09. The molecule has 1 aliphatic carbocycles. The van der Waals surface area contributed by atoms with Crippen molar-refractivity contribution in [2.75, 3.05) is 14.2 Å². The number of hydrogen-bond donors (Lipinski definition) is 0. The van der Waals surface area contributed by atoms with Crippen LogP contribution in [0.5, 0.6) is 0 Å². The molecule has 4 rings (SSSR count). The smallest absolute Gasteiger partial charge is 0.338 e. The van der Waals surface area contributed by atoms with Crippen molar-refractivity contribution >= 4 is 11.9 Å². The van der Waals surface area contributed by atoms with Crippen molar-refractivity contribution < 1.29 is 19.1 Å². The molecule has 0 radical (unpaired) electrons. The molecule has 0 fully saturated rings. The van der Waals surface area contributed by atoms with Crippen LogP contribution < -0.4 is 0 Å². The number of esters is 2. The lowest BCUT2D eigenvalue weighted by Gasteiger charge is -2.24. The number of carbonyl (C=O) groups excluding carboxylic acids is 2. The molecule has 0 spiro atoms. The SMILES string of the molecule is COC(=O)c1ccc(C(=O)OC)c2c1-c1ccccc1CCc1ccccc1-2. The highest BCUT2D eigenvalue weighted by Gasteiger charge is 2.28. The Kier molecular flexibility index (Phi) is 4.70. The Labute approximate surface area is 163 Å². The zero-order chi connectivity index (χ0) is 19.7. The summed E-state index contributed by atoms with van der Waals surface area (Å²) < 4.78 is 10.1. The van der Waals surface area contributed by atoms with Crippen LogP contribution in [0.25, 0.3) is 22.3 Å². The van der Waals surface area contributed by atoms with Gasteiger partial charge in [0, 0.05) is 11.1 Å². The van der Waals surface area contributed by atoms with E-state index in [1.165, 1.54) is 14.2 Å². The minimum Gasteiger partial charge on any atom is -0.465 e. The number of benzene rings is 3. The molecule has 0 unspecified atom stereocenters. The Morgan fingerprint density at radius 1 is 0.643 bits per heavy atom. The molecule has 0 atom stereocenters. The molecule has 3 aromatic carbocycles. The van der Waals surface area contributed by atoms with Crippen LogP contribution in [0.1, 0.15) is 31.8 Å². The first-order chi connectivity index (χ1) is 13.7. The molecule has 0 saturated carbocycles. The third-order valence-corrected chi connectivity index (χ3v) is 5.25. The lowest BCUT2D eigenvalue weighted by molar-refractivity contribution is 0.0588. The fourth-order valence-corrected chi connectivity index (χ4v) is 3.96. The zero-order valence-electron chi connectivity index (χ0n) is 15.8. The van der Waals surface area contributed by atoms with Gasteiger partial charge in [-0.3, -0.25) is 0 Å². The molecule has 140 valence electrons. The van der Waals surface area contributed by atoms with E-state index < -0.39 is 11.9 Å². The summed E-state index contributed by atoms with van der Waals surface area (Å²) in [7, 11) is 2.73. The monoisotopic (exact) mass is 372 g/mol. The summed E-state index contributed by atoms with van der Waals surface area (Å²) in [6.45, 7) is 0. The Morgan fingerprint density at radius 2 is 1.04 bits per heavy atom. The number of ether oxygens (including phenoxy) is 2. The van der Waals surface area contributed by atoms with Crippen LogP contribution in [0.15, 0.2) is 60.7 Å². The van der Waals surface area contributed by atoms with Gasteiger partial charge in [0.15, 0.2) is 0 Å². The summed E-state index contributed by atoms with van der Waals surface area (Å²) in [5, 5.41) is 0. The van der Waals surface area contributed by atoms with E-state index in [1.54, 1.807) is 12.1 Å². The molecule has 3 aromatic rings. The van der Waals surface area contributed by atoms with Gasteiger partial charge in [0.25, 0.3) is 0 Å². The van der Waals surface area contributed by atoms with Crippen molar-refractivity contribution in [2.45, 2.75) is 12.8 Å². The van der Waals surface area contributed by atoms with Crippen LogP contribution in [0.3, 0.4) is 0 Å². The topological polar surface area (TPSA) is 52.6 Å². The van der Waals surface area contributed by atoms with Crippen molar-refractivity contribution in [1.82, 2.24) is 0 Å². The molecule has 0 heterocycles. The van der Waals surface area contributed by atoms with Crippen molar-refractivity contribution in [3.05, 3.63) is 82.9 Å². The predicted octanol–water partition coefficient (Wildman–Crippen LogP) is 4.69. The number of carbonyl (C=O) groups is 2. The van der Waals surface area contributed by atoms with Crippen molar-refractivity contribution in [3.8, 4) is 22.3 Å². The van der Waals surface area contributed by atoms with Crippen molar-refractivity contribution in [1.29, 1.82) is 0 Å². The Hall–Kier alpha value is -3.40. The van der Waals surface area contributed by atoms with E-state index in [-0.39, 0.29) is 0 Å². The molecule has 1 aliphatic rings. The van der Waals surface area contributed by atoms with E-state index in [1.807, 2.05) is 36.4 Å². The standard InChI is InChI=1S/C24H20O4/c1-27-23(25)19-13-14-20(24(26)28-2)22-18-10-6-4-8-16(18)12-11-15-7-3-5-9-17(15)21(19)22/h3-10,13-14H,11-12H2,1-2H3. The van der Waals surface area contributed by atoms with E-state index in [0.717, 1.165) is 46.2 Å². The van der Waals surface area contributed by atoms with Gasteiger partial charge < -0.3 is 9.47 Å². The maximum absolute atomic E-state index is 12.6. The second kappa shape index (κ2) is 7.31. The number of fused-ring (bicyclic) bond motifs is 5. The number of hydrogen-bond acceptors (Lipinski definition) is 4. The Morgan fingerprint density at radius 3 is 1.43 bits per heavy atom. The van der Waals surface area contributed by atoms with Gasteiger partial charge in [-0.2, -0.15) is 0 Å². The van der Waals surface area contributed by atoms with E-state index in [0.29, 0.717) is 11.1 Å². The molecule has 28 heavy (non-hydrogen) atoms. The minimum absolute atomic E-state index is 0.430. The van der Waals surface area contributed by atoms with Gasteiger partial charge in [-0.1, -0.05) is 48.5 Å². The summed E-state index contributed by atoms with van der Waals surface area (Å²) >= 11 is 0. The highest BCUT2D eigenvalue weighted by atomic mass is 16.5. The van der Waals surface area contributed by atoms with Gasteiger partial charge in [-0.15, -0.1) is 0 Å².